The van der Waals surface area contributed by atoms with Gasteiger partial charge in [0, 0.05) is 52.1 Å². The third-order valence-corrected chi connectivity index (χ3v) is 3.57. The van der Waals surface area contributed by atoms with Crippen LogP contribution >= 0.6 is 11.6 Å². The van der Waals surface area contributed by atoms with Gasteiger partial charge >= 0.3 is 0 Å². The van der Waals surface area contributed by atoms with Crippen LogP contribution in [0.3, 0.4) is 0 Å². The van der Waals surface area contributed by atoms with Gasteiger partial charge in [0.2, 0.25) is 0 Å². The molecule has 1 aromatic heterocycles. The van der Waals surface area contributed by atoms with Crippen molar-refractivity contribution < 1.29 is 4.39 Å². The molecule has 0 spiro atoms. The summed E-state index contributed by atoms with van der Waals surface area (Å²) in [5.41, 5.74) is 8.01. The summed E-state index contributed by atoms with van der Waals surface area (Å²) in [4.78, 5) is 4.10. The lowest BCUT2D eigenvalue weighted by molar-refractivity contribution is 0.622. The van der Waals surface area contributed by atoms with Crippen molar-refractivity contribution in [1.29, 1.82) is 0 Å². The minimum atomic E-state index is -0.358. The van der Waals surface area contributed by atoms with Gasteiger partial charge in [-0.1, -0.05) is 39.3 Å². The monoisotopic (exact) mass is 349 g/mol. The zero-order valence-corrected chi connectivity index (χ0v) is 15.4. The van der Waals surface area contributed by atoms with Gasteiger partial charge < -0.3 is 11.1 Å². The number of fused-ring (bicyclic) bond motifs is 1. The van der Waals surface area contributed by atoms with E-state index in [9.17, 15) is 4.39 Å². The molecule has 3 rings (SSSR count). The molecule has 2 aromatic rings. The number of halogens is 2. The first-order chi connectivity index (χ1) is 11.7. The number of nitrogens with zero attached hydrogens (tertiary/aromatic N) is 1. The molecule has 0 aliphatic carbocycles. The van der Waals surface area contributed by atoms with Crippen LogP contribution in [-0.4, -0.2) is 11.5 Å². The molecule has 1 aliphatic rings. The van der Waals surface area contributed by atoms with E-state index in [1.54, 1.807) is 24.5 Å². The Balaban J connectivity index is 0.000000671. The number of rotatable bonds is 1. The van der Waals surface area contributed by atoms with Crippen molar-refractivity contribution in [2.24, 2.45) is 5.73 Å². The maximum atomic E-state index is 14.2. The van der Waals surface area contributed by atoms with Gasteiger partial charge in [-0.2, -0.15) is 0 Å². The molecule has 0 fully saturated rings. The second-order valence-electron chi connectivity index (χ2n) is 4.62. The molecule has 0 bridgehead atoms. The van der Waals surface area contributed by atoms with Gasteiger partial charge in [-0.15, -0.1) is 0 Å². The second kappa shape index (κ2) is 9.93. The fourth-order valence-electron chi connectivity index (χ4n) is 2.35. The quantitative estimate of drug-likeness (QED) is 0.831. The lowest BCUT2D eigenvalue weighted by atomic mass is 10.1. The Labute approximate surface area is 148 Å². The van der Waals surface area contributed by atoms with E-state index in [0.717, 1.165) is 21.8 Å². The van der Waals surface area contributed by atoms with E-state index in [0.29, 0.717) is 23.6 Å². The average molecular weight is 350 g/mol. The number of benzene rings is 1. The van der Waals surface area contributed by atoms with Crippen LogP contribution in [0.2, 0.25) is 5.02 Å². The highest BCUT2D eigenvalue weighted by molar-refractivity contribution is 6.30. The van der Waals surface area contributed by atoms with Gasteiger partial charge in [0.1, 0.15) is 5.82 Å². The number of hydrogen-bond donors (Lipinski definition) is 2. The minimum Gasteiger partial charge on any atom is -0.401 e. The lowest BCUT2D eigenvalue weighted by Gasteiger charge is -2.11. The average Bonchev–Trinajstić information content (AvgIpc) is 2.78. The molecular weight excluding hydrogens is 325 g/mol. The van der Waals surface area contributed by atoms with E-state index < -0.39 is 0 Å². The van der Waals surface area contributed by atoms with Crippen molar-refractivity contribution in [3.8, 4) is 0 Å². The highest BCUT2D eigenvalue weighted by atomic mass is 35.5. The Kier molecular flexibility index (Phi) is 8.27. The fraction of sp³-hybridized carbons (Fsp3) is 0.316. The Hall–Kier alpha value is -2.07. The summed E-state index contributed by atoms with van der Waals surface area (Å²) in [7, 11) is 0. The van der Waals surface area contributed by atoms with Crippen molar-refractivity contribution in [2.45, 2.75) is 34.1 Å². The van der Waals surface area contributed by atoms with Crippen LogP contribution in [0, 0.1) is 5.82 Å². The van der Waals surface area contributed by atoms with Crippen molar-refractivity contribution in [2.75, 3.05) is 6.54 Å². The van der Waals surface area contributed by atoms with Gasteiger partial charge in [-0.3, -0.25) is 4.98 Å². The molecule has 0 amide bonds. The highest BCUT2D eigenvalue weighted by Gasteiger charge is 2.13. The van der Waals surface area contributed by atoms with Crippen LogP contribution in [0.5, 0.6) is 0 Å². The Morgan fingerprint density at radius 3 is 2.50 bits per heavy atom. The number of pyridine rings is 1. The second-order valence-corrected chi connectivity index (χ2v) is 5.06. The largest absolute Gasteiger partial charge is 0.401 e. The van der Waals surface area contributed by atoms with Crippen LogP contribution in [0.25, 0.3) is 11.4 Å². The third-order valence-electron chi connectivity index (χ3n) is 3.33. The number of hydrogen-bond acceptors (Lipinski definition) is 3. The van der Waals surface area contributed by atoms with Crippen molar-refractivity contribution >= 4 is 23.0 Å². The molecule has 0 radical (unpaired) electrons. The molecule has 0 unspecified atom stereocenters. The fourth-order valence-corrected chi connectivity index (χ4v) is 2.51. The zero-order chi connectivity index (χ0) is 18.1. The van der Waals surface area contributed by atoms with E-state index in [2.05, 4.69) is 10.3 Å². The summed E-state index contributed by atoms with van der Waals surface area (Å²) < 4.78 is 14.2. The number of nitrogens with two attached hydrogens (primary N) is 1. The van der Waals surface area contributed by atoms with E-state index in [1.807, 2.05) is 33.8 Å². The standard InChI is InChI=1S/C15H13ClFN3.2C2H6/c16-9-1-2-11(13(17)7-9)15-10-3-5-19-8-12(10)14(18)4-6-20-15;2*1-2/h1-3,5,7-8,20H,4,6,18H2;2*1-2H3. The smallest absolute Gasteiger partial charge is 0.134 e. The van der Waals surface area contributed by atoms with Crippen LogP contribution in [0.15, 0.2) is 36.7 Å². The maximum Gasteiger partial charge on any atom is 0.134 e. The molecule has 2 heterocycles. The predicted molar refractivity (Wildman–Crippen MR) is 100 cm³/mol. The summed E-state index contributed by atoms with van der Waals surface area (Å²) in [6, 6.07) is 6.49. The Morgan fingerprint density at radius 2 is 1.83 bits per heavy atom. The lowest BCUT2D eigenvalue weighted by Crippen LogP contribution is -2.33. The minimum absolute atomic E-state index is 0.358. The van der Waals surface area contributed by atoms with Gasteiger partial charge in [0.25, 0.3) is 0 Å². The topological polar surface area (TPSA) is 50.9 Å². The summed E-state index contributed by atoms with van der Waals surface area (Å²) in [5.74, 6) is -0.358. The summed E-state index contributed by atoms with van der Waals surface area (Å²) in [6.07, 6.45) is 4.08. The third kappa shape index (κ3) is 4.48. The van der Waals surface area contributed by atoms with Crippen molar-refractivity contribution in [1.82, 2.24) is 10.3 Å². The SMILES string of the molecule is CC.CC.NC1=c2cnccc2=C(c2ccc(Cl)cc2F)NCC1. The Morgan fingerprint density at radius 1 is 1.12 bits per heavy atom. The van der Waals surface area contributed by atoms with Gasteiger partial charge in [0.05, 0.1) is 5.70 Å². The summed E-state index contributed by atoms with van der Waals surface area (Å²) in [5, 5.41) is 5.33. The number of nitrogens with one attached hydrogen (secondary N) is 1. The molecule has 3 N–H and O–H groups in total. The van der Waals surface area contributed by atoms with Gasteiger partial charge in [0.15, 0.2) is 0 Å². The molecule has 3 nitrogen and oxygen atoms in total. The molecule has 5 heteroatoms. The van der Waals surface area contributed by atoms with Gasteiger partial charge in [-0.05, 0) is 24.3 Å². The Bertz CT molecular complexity index is 787. The first kappa shape index (κ1) is 20.0. The van der Waals surface area contributed by atoms with Crippen molar-refractivity contribution in [3.63, 3.8) is 0 Å². The first-order valence-corrected chi connectivity index (χ1v) is 8.67. The van der Waals surface area contributed by atoms with Gasteiger partial charge in [-0.25, -0.2) is 4.39 Å². The molecule has 24 heavy (non-hydrogen) atoms. The van der Waals surface area contributed by atoms with Crippen molar-refractivity contribution in [3.05, 3.63) is 63.5 Å². The van der Waals surface area contributed by atoms with Crippen LogP contribution in [0.1, 0.15) is 39.7 Å². The molecular formula is C19H25ClFN3. The maximum absolute atomic E-state index is 14.2. The summed E-state index contributed by atoms with van der Waals surface area (Å²) in [6.45, 7) is 8.65. The summed E-state index contributed by atoms with van der Waals surface area (Å²) >= 11 is 5.81. The van der Waals surface area contributed by atoms with E-state index in [-0.39, 0.29) is 5.82 Å². The molecule has 0 saturated heterocycles. The highest BCUT2D eigenvalue weighted by Crippen LogP contribution is 2.19. The molecule has 130 valence electrons. The molecule has 0 saturated carbocycles. The van der Waals surface area contributed by atoms with Crippen LogP contribution < -0.4 is 21.5 Å². The normalized spacial score (nSPS) is 12.6. The molecule has 1 aromatic carbocycles. The van der Waals surface area contributed by atoms with E-state index >= 15 is 0 Å². The van der Waals surface area contributed by atoms with Crippen LogP contribution in [-0.2, 0) is 0 Å². The van der Waals surface area contributed by atoms with E-state index in [1.165, 1.54) is 6.07 Å². The number of aromatic nitrogens is 1. The zero-order valence-electron chi connectivity index (χ0n) is 14.7. The molecule has 0 atom stereocenters. The first-order valence-electron chi connectivity index (χ1n) is 8.29. The van der Waals surface area contributed by atoms with Crippen LogP contribution in [0.4, 0.5) is 4.39 Å². The predicted octanol–water partition coefficient (Wildman–Crippen LogP) is 3.14. The van der Waals surface area contributed by atoms with E-state index in [4.69, 9.17) is 17.3 Å². The molecule has 1 aliphatic heterocycles.